The van der Waals surface area contributed by atoms with E-state index in [1.807, 2.05) is 43.3 Å². The molecule has 0 fully saturated rings. The molecule has 0 saturated heterocycles. The van der Waals surface area contributed by atoms with Crippen LogP contribution in [0, 0.1) is 6.92 Å². The van der Waals surface area contributed by atoms with Crippen molar-refractivity contribution >= 4 is 17.5 Å². The van der Waals surface area contributed by atoms with Gasteiger partial charge in [-0.3, -0.25) is 4.79 Å². The molecule has 0 spiro atoms. The number of anilines is 2. The van der Waals surface area contributed by atoms with Crippen LogP contribution in [0.15, 0.2) is 42.6 Å². The number of pyridine rings is 1. The number of nitrogens with zero attached hydrogens (tertiary/aromatic N) is 1. The second kappa shape index (κ2) is 5.52. The summed E-state index contributed by atoms with van der Waals surface area (Å²) < 4.78 is 0. The number of nitrogens with one attached hydrogen (secondary N) is 1. The zero-order chi connectivity index (χ0) is 13.8. The maximum Gasteiger partial charge on any atom is 0.310 e. The van der Waals surface area contributed by atoms with Gasteiger partial charge in [0.2, 0.25) is 0 Å². The van der Waals surface area contributed by atoms with Crippen LogP contribution in [0.1, 0.15) is 24.0 Å². The Hall–Kier alpha value is -2.36. The highest BCUT2D eigenvalue weighted by Gasteiger charge is 2.14. The molecule has 1 atom stereocenters. The van der Waals surface area contributed by atoms with Gasteiger partial charge in [-0.2, -0.15) is 0 Å². The van der Waals surface area contributed by atoms with E-state index >= 15 is 0 Å². The lowest BCUT2D eigenvalue weighted by molar-refractivity contribution is -0.138. The number of hydrogen-bond acceptors (Lipinski definition) is 3. The van der Waals surface area contributed by atoms with Crippen LogP contribution in [0.3, 0.4) is 0 Å². The first kappa shape index (κ1) is 13.1. The molecule has 1 heterocycles. The Kier molecular flexibility index (Phi) is 3.80. The number of carboxylic acid groups (broad SMARTS) is 1. The van der Waals surface area contributed by atoms with E-state index in [1.165, 1.54) is 0 Å². The molecule has 98 valence electrons. The average molecular weight is 256 g/mol. The van der Waals surface area contributed by atoms with Crippen LogP contribution >= 0.6 is 0 Å². The van der Waals surface area contributed by atoms with Crippen LogP contribution in [-0.2, 0) is 4.79 Å². The predicted molar refractivity (Wildman–Crippen MR) is 74.7 cm³/mol. The summed E-state index contributed by atoms with van der Waals surface area (Å²) in [5.41, 5.74) is 2.73. The van der Waals surface area contributed by atoms with E-state index in [4.69, 9.17) is 5.11 Å². The van der Waals surface area contributed by atoms with Gasteiger partial charge in [0, 0.05) is 11.9 Å². The lowest BCUT2D eigenvalue weighted by Gasteiger charge is -2.12. The Bertz CT molecular complexity index is 582. The highest BCUT2D eigenvalue weighted by Crippen LogP contribution is 2.24. The maximum atomic E-state index is 11.0. The van der Waals surface area contributed by atoms with Crippen LogP contribution < -0.4 is 5.32 Å². The number of hydrogen-bond donors (Lipinski definition) is 2. The van der Waals surface area contributed by atoms with Gasteiger partial charge in [0.05, 0.1) is 5.92 Å². The van der Waals surface area contributed by atoms with Crippen molar-refractivity contribution in [3.8, 4) is 0 Å². The molecule has 0 aliphatic carbocycles. The SMILES string of the molecule is Cc1cc([C@H](C)C(=O)O)ccc1Nc1ccccn1. The van der Waals surface area contributed by atoms with Crippen molar-refractivity contribution in [1.82, 2.24) is 4.98 Å². The van der Waals surface area contributed by atoms with Crippen LogP contribution in [0.5, 0.6) is 0 Å². The van der Waals surface area contributed by atoms with Crippen molar-refractivity contribution in [3.05, 3.63) is 53.7 Å². The minimum Gasteiger partial charge on any atom is -0.481 e. The van der Waals surface area contributed by atoms with Crippen molar-refractivity contribution in [2.75, 3.05) is 5.32 Å². The van der Waals surface area contributed by atoms with Gasteiger partial charge in [-0.05, 0) is 43.2 Å². The zero-order valence-corrected chi connectivity index (χ0v) is 10.9. The van der Waals surface area contributed by atoms with Gasteiger partial charge in [-0.1, -0.05) is 18.2 Å². The van der Waals surface area contributed by atoms with Gasteiger partial charge in [0.25, 0.3) is 0 Å². The van der Waals surface area contributed by atoms with Crippen LogP contribution in [0.25, 0.3) is 0 Å². The molecule has 0 unspecified atom stereocenters. The van der Waals surface area contributed by atoms with Crippen molar-refractivity contribution in [2.24, 2.45) is 0 Å². The third-order valence-corrected chi connectivity index (χ3v) is 3.05. The fourth-order valence-electron chi connectivity index (χ4n) is 1.81. The molecule has 1 aromatic carbocycles. The first-order chi connectivity index (χ1) is 9.08. The first-order valence-electron chi connectivity index (χ1n) is 6.09. The van der Waals surface area contributed by atoms with E-state index in [2.05, 4.69) is 10.3 Å². The minimum atomic E-state index is -0.815. The number of carboxylic acids is 1. The number of benzene rings is 1. The molecule has 2 aromatic rings. The predicted octanol–water partition coefficient (Wildman–Crippen LogP) is 3.32. The molecule has 2 rings (SSSR count). The summed E-state index contributed by atoms with van der Waals surface area (Å²) in [6, 6.07) is 11.3. The molecule has 0 bridgehead atoms. The second-order valence-corrected chi connectivity index (χ2v) is 4.47. The molecule has 0 saturated carbocycles. The van der Waals surface area contributed by atoms with Gasteiger partial charge in [0.1, 0.15) is 5.82 Å². The summed E-state index contributed by atoms with van der Waals surface area (Å²) >= 11 is 0. The molecule has 0 aliphatic heterocycles. The third-order valence-electron chi connectivity index (χ3n) is 3.05. The van der Waals surface area contributed by atoms with Crippen LogP contribution in [0.2, 0.25) is 0 Å². The maximum absolute atomic E-state index is 11.0. The van der Waals surface area contributed by atoms with E-state index < -0.39 is 11.9 Å². The van der Waals surface area contributed by atoms with E-state index in [-0.39, 0.29) is 0 Å². The van der Waals surface area contributed by atoms with Crippen molar-refractivity contribution in [1.29, 1.82) is 0 Å². The standard InChI is InChI=1S/C15H16N2O2/c1-10-9-12(11(2)15(18)19)6-7-13(10)17-14-5-3-4-8-16-14/h3-9,11H,1-2H3,(H,16,17)(H,18,19)/t11-/m0/s1. The van der Waals surface area contributed by atoms with Crippen molar-refractivity contribution < 1.29 is 9.90 Å². The van der Waals surface area contributed by atoms with Crippen molar-refractivity contribution in [2.45, 2.75) is 19.8 Å². The summed E-state index contributed by atoms with van der Waals surface area (Å²) in [6.07, 6.45) is 1.72. The molecule has 1 aromatic heterocycles. The van der Waals surface area contributed by atoms with Crippen molar-refractivity contribution in [3.63, 3.8) is 0 Å². The number of aliphatic carboxylic acids is 1. The molecule has 0 radical (unpaired) electrons. The van der Waals surface area contributed by atoms with E-state index in [0.717, 1.165) is 22.6 Å². The molecular weight excluding hydrogens is 240 g/mol. The Labute approximate surface area is 112 Å². The lowest BCUT2D eigenvalue weighted by Crippen LogP contribution is -2.07. The van der Waals surface area contributed by atoms with E-state index in [9.17, 15) is 4.79 Å². The average Bonchev–Trinajstić information content (AvgIpc) is 2.41. The lowest BCUT2D eigenvalue weighted by atomic mass is 9.99. The molecule has 0 amide bonds. The summed E-state index contributed by atoms with van der Waals surface area (Å²) in [5, 5.41) is 12.2. The van der Waals surface area contributed by atoms with Gasteiger partial charge in [0.15, 0.2) is 0 Å². The number of rotatable bonds is 4. The monoisotopic (exact) mass is 256 g/mol. The smallest absolute Gasteiger partial charge is 0.310 e. The summed E-state index contributed by atoms with van der Waals surface area (Å²) in [6.45, 7) is 3.63. The molecule has 19 heavy (non-hydrogen) atoms. The normalized spacial score (nSPS) is 11.9. The summed E-state index contributed by atoms with van der Waals surface area (Å²) in [7, 11) is 0. The van der Waals surface area contributed by atoms with Gasteiger partial charge < -0.3 is 10.4 Å². The topological polar surface area (TPSA) is 62.2 Å². The molecule has 2 N–H and O–H groups in total. The van der Waals surface area contributed by atoms with Gasteiger partial charge in [-0.25, -0.2) is 4.98 Å². The molecular formula is C15H16N2O2. The highest BCUT2D eigenvalue weighted by atomic mass is 16.4. The first-order valence-corrected chi connectivity index (χ1v) is 6.09. The van der Waals surface area contributed by atoms with Gasteiger partial charge in [-0.15, -0.1) is 0 Å². The number of aromatic nitrogens is 1. The van der Waals surface area contributed by atoms with Crippen LogP contribution in [0.4, 0.5) is 11.5 Å². The fraction of sp³-hybridized carbons (Fsp3) is 0.200. The minimum absolute atomic E-state index is 0.498. The van der Waals surface area contributed by atoms with E-state index in [0.29, 0.717) is 0 Å². The van der Waals surface area contributed by atoms with Crippen LogP contribution in [-0.4, -0.2) is 16.1 Å². The Morgan fingerprint density at radius 2 is 2.11 bits per heavy atom. The molecule has 0 aliphatic rings. The highest BCUT2D eigenvalue weighted by molar-refractivity contribution is 5.76. The third kappa shape index (κ3) is 3.10. The summed E-state index contributed by atoms with van der Waals surface area (Å²) in [4.78, 5) is 15.2. The number of carbonyl (C=O) groups is 1. The molecule has 4 nitrogen and oxygen atoms in total. The zero-order valence-electron chi connectivity index (χ0n) is 10.9. The molecule has 4 heteroatoms. The quantitative estimate of drug-likeness (QED) is 0.880. The number of aryl methyl sites for hydroxylation is 1. The Morgan fingerprint density at radius 3 is 2.68 bits per heavy atom. The summed E-state index contributed by atoms with van der Waals surface area (Å²) in [5.74, 6) is -0.544. The van der Waals surface area contributed by atoms with E-state index in [1.54, 1.807) is 13.1 Å². The fourth-order valence-corrected chi connectivity index (χ4v) is 1.81. The second-order valence-electron chi connectivity index (χ2n) is 4.47. The van der Waals surface area contributed by atoms with Gasteiger partial charge >= 0.3 is 5.97 Å². The Morgan fingerprint density at radius 1 is 1.32 bits per heavy atom. The Balaban J connectivity index is 2.23. The largest absolute Gasteiger partial charge is 0.481 e.